The first-order valence-corrected chi connectivity index (χ1v) is 5.16. The smallest absolute Gasteiger partial charge is 0.108 e. The van der Waals surface area contributed by atoms with Crippen molar-refractivity contribution in [3.63, 3.8) is 0 Å². The van der Waals surface area contributed by atoms with Crippen molar-refractivity contribution < 1.29 is 9.84 Å². The third-order valence-electron chi connectivity index (χ3n) is 2.89. The number of aliphatic hydroxyl groups excluding tert-OH is 1. The van der Waals surface area contributed by atoms with Gasteiger partial charge in [0, 0.05) is 12.1 Å². The zero-order valence-electron chi connectivity index (χ0n) is 8.86. The fraction of sp³-hybridized carbons (Fsp3) is 1.00. The largest absolute Gasteiger partial charge is 0.394 e. The van der Waals surface area contributed by atoms with Crippen LogP contribution in [0.4, 0.5) is 0 Å². The van der Waals surface area contributed by atoms with E-state index in [1.807, 2.05) is 0 Å². The fourth-order valence-corrected chi connectivity index (χ4v) is 2.24. The number of likely N-dealkylation sites (tertiary alicyclic amines) is 1. The van der Waals surface area contributed by atoms with Crippen molar-refractivity contribution in [2.45, 2.75) is 51.9 Å². The Balaban J connectivity index is 2.39. The van der Waals surface area contributed by atoms with Crippen LogP contribution in [-0.4, -0.2) is 41.5 Å². The number of hydrogen-bond donors (Lipinski definition) is 1. The van der Waals surface area contributed by atoms with E-state index in [0.29, 0.717) is 18.7 Å². The van der Waals surface area contributed by atoms with Crippen LogP contribution in [0.15, 0.2) is 0 Å². The first-order chi connectivity index (χ1) is 6.16. The summed E-state index contributed by atoms with van der Waals surface area (Å²) in [6, 6.07) is 1.23. The predicted octanol–water partition coefficient (Wildman–Crippen LogP) is 1.21. The average molecular weight is 187 g/mol. The maximum Gasteiger partial charge on any atom is 0.108 e. The molecule has 0 aromatic heterocycles. The van der Waals surface area contributed by atoms with Crippen LogP contribution in [0.1, 0.15) is 33.6 Å². The summed E-state index contributed by atoms with van der Waals surface area (Å²) in [5, 5.41) is 8.65. The van der Waals surface area contributed by atoms with Gasteiger partial charge in [0.15, 0.2) is 0 Å². The van der Waals surface area contributed by atoms with E-state index in [-0.39, 0.29) is 12.8 Å². The minimum Gasteiger partial charge on any atom is -0.394 e. The highest BCUT2D eigenvalue weighted by atomic mass is 16.5. The van der Waals surface area contributed by atoms with Crippen LogP contribution >= 0.6 is 0 Å². The zero-order valence-corrected chi connectivity index (χ0v) is 8.86. The molecule has 0 spiro atoms. The molecule has 0 bridgehead atoms. The normalized spacial score (nSPS) is 32.3. The third-order valence-corrected chi connectivity index (χ3v) is 2.89. The molecule has 3 atom stereocenters. The summed E-state index contributed by atoms with van der Waals surface area (Å²) in [7, 11) is 0. The number of aliphatic hydroxyl groups is 1. The lowest BCUT2D eigenvalue weighted by atomic mass is 10.2. The van der Waals surface area contributed by atoms with Crippen molar-refractivity contribution in [2.24, 2.45) is 0 Å². The molecule has 78 valence electrons. The van der Waals surface area contributed by atoms with Crippen molar-refractivity contribution in [2.75, 3.05) is 13.2 Å². The molecule has 3 nitrogen and oxygen atoms in total. The van der Waals surface area contributed by atoms with E-state index < -0.39 is 0 Å². The second-order valence-corrected chi connectivity index (χ2v) is 3.92. The van der Waals surface area contributed by atoms with Gasteiger partial charge in [0.25, 0.3) is 0 Å². The van der Waals surface area contributed by atoms with Crippen LogP contribution in [-0.2, 0) is 4.74 Å². The number of hydrogen-bond acceptors (Lipinski definition) is 3. The third kappa shape index (κ3) is 2.66. The molecule has 1 rings (SSSR count). The van der Waals surface area contributed by atoms with E-state index in [9.17, 15) is 0 Å². The molecule has 0 radical (unpaired) electrons. The highest BCUT2D eigenvalue weighted by Crippen LogP contribution is 2.25. The van der Waals surface area contributed by atoms with Gasteiger partial charge in [-0.1, -0.05) is 0 Å². The monoisotopic (exact) mass is 187 g/mol. The summed E-state index contributed by atoms with van der Waals surface area (Å²) in [5.41, 5.74) is 0. The Bertz CT molecular complexity index is 142. The Kier molecular flexibility index (Phi) is 4.16. The van der Waals surface area contributed by atoms with Gasteiger partial charge in [-0.05, 0) is 33.6 Å². The molecule has 0 amide bonds. The second kappa shape index (κ2) is 4.94. The molecule has 1 saturated heterocycles. The lowest BCUT2D eigenvalue weighted by molar-refractivity contribution is -0.0745. The van der Waals surface area contributed by atoms with Crippen molar-refractivity contribution in [1.82, 2.24) is 4.90 Å². The molecule has 0 saturated carbocycles. The van der Waals surface area contributed by atoms with Gasteiger partial charge in [-0.2, -0.15) is 0 Å². The molecule has 1 heterocycles. The van der Waals surface area contributed by atoms with Crippen molar-refractivity contribution in [3.05, 3.63) is 0 Å². The Hall–Kier alpha value is -0.120. The summed E-state index contributed by atoms with van der Waals surface area (Å²) >= 11 is 0. The predicted molar refractivity (Wildman–Crippen MR) is 52.5 cm³/mol. The van der Waals surface area contributed by atoms with E-state index in [1.54, 1.807) is 0 Å². The lowest BCUT2D eigenvalue weighted by Gasteiger charge is -2.32. The molecule has 3 heteroatoms. The molecular formula is C10H21NO2. The van der Waals surface area contributed by atoms with Crippen LogP contribution in [0.2, 0.25) is 0 Å². The first-order valence-electron chi connectivity index (χ1n) is 5.16. The second-order valence-electron chi connectivity index (χ2n) is 3.92. The molecule has 1 fully saturated rings. The van der Waals surface area contributed by atoms with E-state index in [4.69, 9.17) is 9.84 Å². The Morgan fingerprint density at radius 3 is 2.38 bits per heavy atom. The van der Waals surface area contributed by atoms with E-state index in [1.165, 1.54) is 12.8 Å². The van der Waals surface area contributed by atoms with E-state index in [2.05, 4.69) is 25.7 Å². The standard InChI is InChI=1S/C10H21NO2/c1-8-4-5-9(2)11(8)10(3)13-7-6-12/h8-10,12H,4-7H2,1-3H3. The quantitative estimate of drug-likeness (QED) is 0.718. The highest BCUT2D eigenvalue weighted by molar-refractivity contribution is 4.83. The molecule has 13 heavy (non-hydrogen) atoms. The number of ether oxygens (including phenoxy) is 1. The number of rotatable bonds is 4. The average Bonchev–Trinajstić information content (AvgIpc) is 2.42. The summed E-state index contributed by atoms with van der Waals surface area (Å²) < 4.78 is 5.49. The van der Waals surface area contributed by atoms with Gasteiger partial charge in [-0.25, -0.2) is 0 Å². The van der Waals surface area contributed by atoms with Crippen molar-refractivity contribution in [1.29, 1.82) is 0 Å². The van der Waals surface area contributed by atoms with Crippen LogP contribution in [0, 0.1) is 0 Å². The maximum absolute atomic E-state index is 8.65. The zero-order chi connectivity index (χ0) is 9.84. The topological polar surface area (TPSA) is 32.7 Å². The molecule has 3 unspecified atom stereocenters. The maximum atomic E-state index is 8.65. The summed E-state index contributed by atoms with van der Waals surface area (Å²) in [6.07, 6.45) is 2.65. The first kappa shape index (κ1) is 11.0. The minimum atomic E-state index is 0.112. The van der Waals surface area contributed by atoms with Crippen molar-refractivity contribution >= 4 is 0 Å². The van der Waals surface area contributed by atoms with Crippen LogP contribution in [0.3, 0.4) is 0 Å². The molecule has 1 N–H and O–H groups in total. The van der Waals surface area contributed by atoms with Gasteiger partial charge in [-0.15, -0.1) is 0 Å². The Morgan fingerprint density at radius 2 is 1.92 bits per heavy atom. The van der Waals surface area contributed by atoms with E-state index >= 15 is 0 Å². The highest BCUT2D eigenvalue weighted by Gasteiger charge is 2.31. The minimum absolute atomic E-state index is 0.112. The molecule has 0 aromatic carbocycles. The lowest BCUT2D eigenvalue weighted by Crippen LogP contribution is -2.42. The van der Waals surface area contributed by atoms with Gasteiger partial charge in [0.2, 0.25) is 0 Å². The Labute approximate surface area is 80.7 Å². The van der Waals surface area contributed by atoms with Gasteiger partial charge in [-0.3, -0.25) is 4.90 Å². The molecule has 1 aliphatic heterocycles. The van der Waals surface area contributed by atoms with Gasteiger partial charge in [0.1, 0.15) is 6.23 Å². The summed E-state index contributed by atoms with van der Waals surface area (Å²) in [4.78, 5) is 2.38. The SMILES string of the molecule is CC1CCC(C)N1C(C)OCCO. The van der Waals surface area contributed by atoms with Crippen LogP contribution in [0.5, 0.6) is 0 Å². The van der Waals surface area contributed by atoms with Crippen LogP contribution < -0.4 is 0 Å². The molecule has 0 aliphatic carbocycles. The molecule has 0 aromatic rings. The number of nitrogens with zero attached hydrogens (tertiary/aromatic N) is 1. The summed E-state index contributed by atoms with van der Waals surface area (Å²) in [5.74, 6) is 0. The van der Waals surface area contributed by atoms with Crippen LogP contribution in [0.25, 0.3) is 0 Å². The van der Waals surface area contributed by atoms with Gasteiger partial charge >= 0.3 is 0 Å². The molecule has 1 aliphatic rings. The van der Waals surface area contributed by atoms with Gasteiger partial charge < -0.3 is 9.84 Å². The van der Waals surface area contributed by atoms with Crippen molar-refractivity contribution in [3.8, 4) is 0 Å². The summed E-state index contributed by atoms with van der Waals surface area (Å²) in [6.45, 7) is 7.09. The fourth-order valence-electron chi connectivity index (χ4n) is 2.24. The van der Waals surface area contributed by atoms with Gasteiger partial charge in [0.05, 0.1) is 13.2 Å². The van der Waals surface area contributed by atoms with E-state index in [0.717, 1.165) is 0 Å². The molecular weight excluding hydrogens is 166 g/mol. The Morgan fingerprint density at radius 1 is 1.38 bits per heavy atom.